The Labute approximate surface area is 293 Å². The van der Waals surface area contributed by atoms with Gasteiger partial charge in [0.25, 0.3) is 0 Å². The molecule has 1 aromatic heterocycles. The number of nitrogens with one attached hydrogen (secondary N) is 1. The smallest absolute Gasteiger partial charge is 0.413 e. The molecular formula is C32H37Cl2N3O11S. The number of morpholine rings is 1. The monoisotopic (exact) mass is 741 g/mol. The Morgan fingerprint density at radius 1 is 1.08 bits per heavy atom. The molecule has 0 saturated carbocycles. The number of furan rings is 1. The van der Waals surface area contributed by atoms with Crippen LogP contribution in [-0.2, 0) is 46.1 Å². The van der Waals surface area contributed by atoms with Crippen LogP contribution in [0.4, 0.5) is 10.5 Å². The molecule has 49 heavy (non-hydrogen) atoms. The number of ether oxygens (including phenoxy) is 4. The van der Waals surface area contributed by atoms with Crippen LogP contribution in [0.25, 0.3) is 0 Å². The molecule has 0 aliphatic carbocycles. The number of carbonyl (C=O) groups is 3. The Kier molecular flexibility index (Phi) is 12.2. The average Bonchev–Trinajstić information content (AvgIpc) is 3.55. The first-order valence-electron chi connectivity index (χ1n) is 15.1. The highest BCUT2D eigenvalue weighted by Gasteiger charge is 2.53. The summed E-state index contributed by atoms with van der Waals surface area (Å²) < 4.78 is 50.6. The summed E-state index contributed by atoms with van der Waals surface area (Å²) in [5, 5.41) is 19.8. The molecule has 1 saturated heterocycles. The van der Waals surface area contributed by atoms with Crippen LogP contribution in [0.3, 0.4) is 0 Å². The summed E-state index contributed by atoms with van der Waals surface area (Å²) in [5.41, 5.74) is -0.432. The molecule has 1 aliphatic rings. The predicted molar refractivity (Wildman–Crippen MR) is 177 cm³/mol. The van der Waals surface area contributed by atoms with Crippen molar-refractivity contribution in [3.8, 4) is 0 Å². The van der Waals surface area contributed by atoms with Crippen LogP contribution in [0.1, 0.15) is 61.7 Å². The standard InChI is InChI=1S/C32H37Cl2N3O11S/c1-20-32(41,21-8-6-9-22(33)14-21)48-18-31(2,3)37(20)30(40)47-19-46-28(38)11-4-5-12-45-29(39)24-15-27(49(35,42)43)25(34)16-26(24)36-17-23-10-7-13-44-23/h6-10,13-16,20,36,41H,4-5,11-12,17-19H2,1-3H3,(H2,35,42,43)/t20-,32+/m0/s1. The summed E-state index contributed by atoms with van der Waals surface area (Å²) in [6.45, 7) is 4.46. The van der Waals surface area contributed by atoms with E-state index in [2.05, 4.69) is 5.32 Å². The predicted octanol–water partition coefficient (Wildman–Crippen LogP) is 5.15. The number of benzene rings is 2. The second-order valence-corrected chi connectivity index (χ2v) is 14.2. The molecule has 17 heteroatoms. The summed E-state index contributed by atoms with van der Waals surface area (Å²) in [4.78, 5) is 39.2. The summed E-state index contributed by atoms with van der Waals surface area (Å²) >= 11 is 12.2. The van der Waals surface area contributed by atoms with Gasteiger partial charge in [-0.05, 0) is 70.0 Å². The molecule has 2 aromatic carbocycles. The SMILES string of the molecule is C[C@@H]1N(C(=O)OCOC(=O)CCCCOC(=O)c2cc(S(N)(=O)=O)c(Cl)cc2NCc2ccco2)C(C)(C)CO[C@@]1(O)c1cccc(Cl)c1. The molecule has 1 amide bonds. The topological polar surface area (TPSA) is 197 Å². The summed E-state index contributed by atoms with van der Waals surface area (Å²) in [6.07, 6.45) is 1.09. The highest BCUT2D eigenvalue weighted by atomic mass is 35.5. The molecule has 1 aliphatic heterocycles. The Morgan fingerprint density at radius 3 is 2.51 bits per heavy atom. The average molecular weight is 743 g/mol. The molecule has 0 radical (unpaired) electrons. The summed E-state index contributed by atoms with van der Waals surface area (Å²) in [5.74, 6) is -2.83. The molecule has 0 unspecified atom stereocenters. The maximum absolute atomic E-state index is 13.1. The lowest BCUT2D eigenvalue weighted by molar-refractivity contribution is -0.295. The highest BCUT2D eigenvalue weighted by molar-refractivity contribution is 7.89. The molecule has 2 heterocycles. The van der Waals surface area contributed by atoms with Crippen LogP contribution in [-0.4, -0.2) is 68.0 Å². The number of sulfonamides is 1. The fraction of sp³-hybridized carbons (Fsp3) is 0.406. The number of unbranched alkanes of at least 4 members (excludes halogenated alkanes) is 1. The van der Waals surface area contributed by atoms with Gasteiger partial charge in [0.1, 0.15) is 10.7 Å². The van der Waals surface area contributed by atoms with Crippen molar-refractivity contribution in [1.82, 2.24) is 4.90 Å². The summed E-state index contributed by atoms with van der Waals surface area (Å²) in [7, 11) is -4.24. The maximum atomic E-state index is 13.1. The molecule has 266 valence electrons. The van der Waals surface area contributed by atoms with Gasteiger partial charge in [-0.2, -0.15) is 0 Å². The molecule has 3 aromatic rings. The van der Waals surface area contributed by atoms with Gasteiger partial charge < -0.3 is 33.8 Å². The number of nitrogens with two attached hydrogens (primary N) is 1. The number of nitrogens with zero attached hydrogens (tertiary/aromatic N) is 1. The van der Waals surface area contributed by atoms with Crippen molar-refractivity contribution in [1.29, 1.82) is 0 Å². The van der Waals surface area contributed by atoms with E-state index >= 15 is 0 Å². The lowest BCUT2D eigenvalue weighted by atomic mass is 9.90. The van der Waals surface area contributed by atoms with Crippen molar-refractivity contribution in [3.05, 3.63) is 81.7 Å². The van der Waals surface area contributed by atoms with Crippen molar-refractivity contribution in [2.75, 3.05) is 25.3 Å². The van der Waals surface area contributed by atoms with Crippen molar-refractivity contribution in [3.63, 3.8) is 0 Å². The van der Waals surface area contributed by atoms with Crippen LogP contribution >= 0.6 is 23.2 Å². The van der Waals surface area contributed by atoms with E-state index in [0.717, 1.165) is 6.07 Å². The largest absolute Gasteiger partial charge is 0.467 e. The first-order chi connectivity index (χ1) is 23.0. The minimum atomic E-state index is -4.24. The molecule has 4 N–H and O–H groups in total. The van der Waals surface area contributed by atoms with Gasteiger partial charge in [-0.15, -0.1) is 0 Å². The number of esters is 2. The third-order valence-electron chi connectivity index (χ3n) is 7.73. The van der Waals surface area contributed by atoms with E-state index in [-0.39, 0.29) is 55.3 Å². The first-order valence-corrected chi connectivity index (χ1v) is 17.4. The molecule has 0 spiro atoms. The van der Waals surface area contributed by atoms with Gasteiger partial charge in [0, 0.05) is 17.0 Å². The number of aliphatic hydroxyl groups is 1. The normalized spacial score (nSPS) is 18.8. The van der Waals surface area contributed by atoms with E-state index in [1.54, 1.807) is 57.2 Å². The molecule has 4 rings (SSSR count). The zero-order valence-electron chi connectivity index (χ0n) is 26.9. The number of carbonyl (C=O) groups excluding carboxylic acids is 3. The van der Waals surface area contributed by atoms with Crippen molar-refractivity contribution < 1.29 is 51.3 Å². The number of rotatable bonds is 13. The Hall–Kier alpha value is -3.86. The fourth-order valence-electron chi connectivity index (χ4n) is 5.20. The summed E-state index contributed by atoms with van der Waals surface area (Å²) in [6, 6.07) is 11.2. The number of primary sulfonamides is 1. The first kappa shape index (κ1) is 38.0. The van der Waals surface area contributed by atoms with Crippen LogP contribution in [0.15, 0.2) is 64.1 Å². The number of amides is 1. The molecule has 14 nitrogen and oxygen atoms in total. The number of hydrogen-bond acceptors (Lipinski definition) is 12. The molecule has 1 fully saturated rings. The van der Waals surface area contributed by atoms with Gasteiger partial charge in [-0.1, -0.05) is 35.3 Å². The van der Waals surface area contributed by atoms with Gasteiger partial charge >= 0.3 is 18.0 Å². The van der Waals surface area contributed by atoms with Crippen LogP contribution in [0.5, 0.6) is 0 Å². The van der Waals surface area contributed by atoms with Crippen LogP contribution in [0, 0.1) is 0 Å². The third kappa shape index (κ3) is 9.44. The van der Waals surface area contributed by atoms with E-state index in [1.807, 2.05) is 0 Å². The van der Waals surface area contributed by atoms with Gasteiger partial charge in [0.05, 0.1) is 53.9 Å². The minimum Gasteiger partial charge on any atom is -0.467 e. The lowest BCUT2D eigenvalue weighted by Crippen LogP contribution is -2.66. The minimum absolute atomic E-state index is 0.0200. The van der Waals surface area contributed by atoms with Gasteiger partial charge in [-0.25, -0.2) is 23.1 Å². The second-order valence-electron chi connectivity index (χ2n) is 11.8. The van der Waals surface area contributed by atoms with Crippen molar-refractivity contribution in [2.24, 2.45) is 5.14 Å². The fourth-order valence-corrected chi connectivity index (χ4v) is 6.49. The van der Waals surface area contributed by atoms with E-state index < -0.39 is 57.1 Å². The van der Waals surface area contributed by atoms with Gasteiger partial charge in [-0.3, -0.25) is 9.69 Å². The second kappa shape index (κ2) is 15.8. The van der Waals surface area contributed by atoms with E-state index in [1.165, 1.54) is 17.2 Å². The Bertz CT molecular complexity index is 1770. The third-order valence-corrected chi connectivity index (χ3v) is 9.34. The number of anilines is 1. The van der Waals surface area contributed by atoms with Crippen molar-refractivity contribution >= 4 is 56.9 Å². The lowest BCUT2D eigenvalue weighted by Gasteiger charge is -2.52. The van der Waals surface area contributed by atoms with E-state index in [4.69, 9.17) is 51.7 Å². The quantitative estimate of drug-likeness (QED) is 0.118. The van der Waals surface area contributed by atoms with Crippen LogP contribution in [0.2, 0.25) is 10.0 Å². The number of halogens is 2. The van der Waals surface area contributed by atoms with E-state index in [0.29, 0.717) is 16.3 Å². The zero-order chi connectivity index (χ0) is 36.0. The molecule has 2 atom stereocenters. The number of hydrogen-bond donors (Lipinski definition) is 3. The van der Waals surface area contributed by atoms with E-state index in [9.17, 15) is 27.9 Å². The zero-order valence-corrected chi connectivity index (χ0v) is 29.3. The highest BCUT2D eigenvalue weighted by Crippen LogP contribution is 2.40. The van der Waals surface area contributed by atoms with Gasteiger partial charge in [0.15, 0.2) is 0 Å². The van der Waals surface area contributed by atoms with Crippen LogP contribution < -0.4 is 10.5 Å². The Morgan fingerprint density at radius 2 is 1.84 bits per heavy atom. The molecular weight excluding hydrogens is 705 g/mol. The Balaban J connectivity index is 1.25. The van der Waals surface area contributed by atoms with Crippen molar-refractivity contribution in [2.45, 2.75) is 68.8 Å². The van der Waals surface area contributed by atoms with Gasteiger partial charge in [0.2, 0.25) is 22.6 Å². The maximum Gasteiger partial charge on any atom is 0.413 e. The molecule has 0 bridgehead atoms.